The lowest BCUT2D eigenvalue weighted by Gasteiger charge is -2.11. The van der Waals surface area contributed by atoms with Gasteiger partial charge >= 0.3 is 5.97 Å². The van der Waals surface area contributed by atoms with E-state index in [0.29, 0.717) is 6.42 Å². The van der Waals surface area contributed by atoms with Crippen molar-refractivity contribution in [3.63, 3.8) is 0 Å². The van der Waals surface area contributed by atoms with E-state index in [1.54, 1.807) is 19.5 Å². The van der Waals surface area contributed by atoms with Gasteiger partial charge in [-0.15, -0.1) is 0 Å². The zero-order valence-corrected chi connectivity index (χ0v) is 12.0. The fourth-order valence-electron chi connectivity index (χ4n) is 1.10. The molecule has 3 N–H and O–H groups in total. The molecule has 1 heterocycles. The highest BCUT2D eigenvalue weighted by atomic mass is 32.2. The van der Waals surface area contributed by atoms with E-state index in [4.69, 9.17) is 5.73 Å². The smallest absolute Gasteiger partial charge is 0.322 e. The predicted molar refractivity (Wildman–Crippen MR) is 74.0 cm³/mol. The highest BCUT2D eigenvalue weighted by molar-refractivity contribution is 7.99. The standard InChI is InChI=1S/C7H13NO3S.C4H6N2O/c1-11-7(10)6(8)3-5(4-9)12-2;1-6-4(7)2-3-5-6/h4-6H,3,8H2,1-2H3;2-3,5H,1H3. The Morgan fingerprint density at radius 3 is 2.58 bits per heavy atom. The average Bonchev–Trinajstić information content (AvgIpc) is 2.79. The third-order valence-electron chi connectivity index (χ3n) is 2.27. The highest BCUT2D eigenvalue weighted by Crippen LogP contribution is 2.10. The first-order chi connectivity index (χ1) is 8.96. The Labute approximate surface area is 115 Å². The van der Waals surface area contributed by atoms with Gasteiger partial charge in [0.15, 0.2) is 0 Å². The number of H-pyrrole nitrogens is 1. The van der Waals surface area contributed by atoms with E-state index >= 15 is 0 Å². The Morgan fingerprint density at radius 1 is 1.68 bits per heavy atom. The molecule has 0 fully saturated rings. The van der Waals surface area contributed by atoms with Gasteiger partial charge in [0.2, 0.25) is 0 Å². The minimum absolute atomic E-state index is 0.000000000000000222. The number of aldehydes is 1. The van der Waals surface area contributed by atoms with E-state index in [2.05, 4.69) is 9.84 Å². The lowest BCUT2D eigenvalue weighted by Crippen LogP contribution is -2.34. The second-order valence-corrected chi connectivity index (χ2v) is 4.71. The summed E-state index contributed by atoms with van der Waals surface area (Å²) in [6.45, 7) is 0. The van der Waals surface area contributed by atoms with E-state index < -0.39 is 12.0 Å². The summed E-state index contributed by atoms with van der Waals surface area (Å²) in [5.74, 6) is -0.476. The molecule has 0 aromatic carbocycles. The molecule has 2 atom stereocenters. The molecule has 0 saturated heterocycles. The number of ether oxygens (including phenoxy) is 1. The summed E-state index contributed by atoms with van der Waals surface area (Å²) in [5.41, 5.74) is 5.43. The van der Waals surface area contributed by atoms with Crippen LogP contribution in [-0.4, -0.2) is 46.7 Å². The number of hydrogen-bond donors (Lipinski definition) is 2. The molecule has 1 aromatic rings. The van der Waals surface area contributed by atoms with Gasteiger partial charge in [-0.3, -0.25) is 14.3 Å². The number of carbonyl (C=O) groups is 2. The zero-order chi connectivity index (χ0) is 14.8. The molecule has 19 heavy (non-hydrogen) atoms. The SMILES string of the molecule is COC(=O)C(N)CC(C=O)SC.Cn1[nH]ccc1=O. The summed E-state index contributed by atoms with van der Waals surface area (Å²) in [6.07, 6.45) is 4.51. The van der Waals surface area contributed by atoms with Gasteiger partial charge in [0.25, 0.3) is 5.56 Å². The first kappa shape index (κ1) is 17.5. The maximum absolute atomic E-state index is 10.8. The molecule has 0 aliphatic rings. The number of nitrogens with zero attached hydrogens (tertiary/aromatic N) is 1. The van der Waals surface area contributed by atoms with E-state index in [9.17, 15) is 14.4 Å². The minimum atomic E-state index is -0.697. The normalized spacial score (nSPS) is 12.8. The Balaban J connectivity index is 0.000000388. The number of aryl methyl sites for hydroxylation is 1. The highest BCUT2D eigenvalue weighted by Gasteiger charge is 2.18. The van der Waals surface area contributed by atoms with Crippen molar-refractivity contribution < 1.29 is 14.3 Å². The number of rotatable bonds is 5. The first-order valence-corrected chi connectivity index (χ1v) is 6.77. The van der Waals surface area contributed by atoms with Gasteiger partial charge in [0, 0.05) is 19.3 Å². The molecular weight excluding hydrogens is 270 g/mol. The number of hydrogen-bond acceptors (Lipinski definition) is 6. The van der Waals surface area contributed by atoms with E-state index in [1.807, 2.05) is 0 Å². The molecule has 0 aliphatic carbocycles. The summed E-state index contributed by atoms with van der Waals surface area (Å²) in [4.78, 5) is 31.5. The number of nitrogens with one attached hydrogen (secondary N) is 1. The largest absolute Gasteiger partial charge is 0.468 e. The van der Waals surface area contributed by atoms with E-state index in [0.717, 1.165) is 6.29 Å². The van der Waals surface area contributed by atoms with Gasteiger partial charge in [-0.05, 0) is 12.7 Å². The van der Waals surface area contributed by atoms with Crippen LogP contribution in [0.25, 0.3) is 0 Å². The lowest BCUT2D eigenvalue weighted by molar-refractivity contribution is -0.142. The average molecular weight is 289 g/mol. The molecule has 0 spiro atoms. The quantitative estimate of drug-likeness (QED) is 0.560. The van der Waals surface area contributed by atoms with Crippen LogP contribution < -0.4 is 11.3 Å². The van der Waals surface area contributed by atoms with Crippen molar-refractivity contribution in [2.75, 3.05) is 13.4 Å². The number of aromatic amines is 1. The van der Waals surface area contributed by atoms with Crippen LogP contribution in [0.2, 0.25) is 0 Å². The molecule has 0 saturated carbocycles. The summed E-state index contributed by atoms with van der Waals surface area (Å²) in [6, 6.07) is 0.776. The molecule has 0 aliphatic heterocycles. The van der Waals surface area contributed by atoms with Gasteiger partial charge in [-0.1, -0.05) is 0 Å². The van der Waals surface area contributed by atoms with Crippen molar-refractivity contribution >= 4 is 24.0 Å². The maximum atomic E-state index is 10.8. The molecule has 0 amide bonds. The Hall–Kier alpha value is -1.54. The summed E-state index contributed by atoms with van der Waals surface area (Å²) < 4.78 is 5.82. The van der Waals surface area contributed by atoms with Crippen molar-refractivity contribution in [2.45, 2.75) is 17.7 Å². The summed E-state index contributed by atoms with van der Waals surface area (Å²) >= 11 is 1.37. The van der Waals surface area contributed by atoms with Crippen LogP contribution in [0.3, 0.4) is 0 Å². The molecule has 2 unspecified atom stereocenters. The van der Waals surface area contributed by atoms with Crippen LogP contribution in [0.1, 0.15) is 6.42 Å². The third-order valence-corrected chi connectivity index (χ3v) is 3.18. The summed E-state index contributed by atoms with van der Waals surface area (Å²) in [5, 5.41) is 2.45. The van der Waals surface area contributed by atoms with Gasteiger partial charge in [0.1, 0.15) is 12.3 Å². The molecule has 1 rings (SSSR count). The molecule has 1 aromatic heterocycles. The van der Waals surface area contributed by atoms with E-state index in [1.165, 1.54) is 29.6 Å². The molecular formula is C11H19N3O4S. The van der Waals surface area contributed by atoms with Gasteiger partial charge in [-0.2, -0.15) is 11.8 Å². The second-order valence-electron chi connectivity index (χ2n) is 3.64. The number of esters is 1. The fraction of sp³-hybridized carbons (Fsp3) is 0.545. The Morgan fingerprint density at radius 2 is 2.32 bits per heavy atom. The number of carbonyl (C=O) groups excluding carboxylic acids is 2. The second kappa shape index (κ2) is 9.40. The molecule has 0 bridgehead atoms. The number of thioether (sulfide) groups is 1. The van der Waals surface area contributed by atoms with Crippen LogP contribution in [0.4, 0.5) is 0 Å². The molecule has 108 valence electrons. The topological polar surface area (TPSA) is 107 Å². The Bertz CT molecular complexity index is 443. The van der Waals surface area contributed by atoms with Crippen molar-refractivity contribution in [1.82, 2.24) is 9.78 Å². The van der Waals surface area contributed by atoms with Crippen LogP contribution in [-0.2, 0) is 21.4 Å². The maximum Gasteiger partial charge on any atom is 0.322 e. The van der Waals surface area contributed by atoms with Crippen molar-refractivity contribution in [1.29, 1.82) is 0 Å². The van der Waals surface area contributed by atoms with Gasteiger partial charge in [0.05, 0.1) is 12.4 Å². The first-order valence-electron chi connectivity index (χ1n) is 5.48. The Kier molecular flexibility index (Phi) is 8.64. The molecule has 0 radical (unpaired) electrons. The minimum Gasteiger partial charge on any atom is -0.468 e. The van der Waals surface area contributed by atoms with Crippen LogP contribution in [0.5, 0.6) is 0 Å². The summed E-state index contributed by atoms with van der Waals surface area (Å²) in [7, 11) is 2.94. The fourth-order valence-corrected chi connectivity index (χ4v) is 1.61. The van der Waals surface area contributed by atoms with Crippen molar-refractivity contribution in [3.05, 3.63) is 22.6 Å². The third kappa shape index (κ3) is 6.82. The van der Waals surface area contributed by atoms with Crippen molar-refractivity contribution in [3.8, 4) is 0 Å². The van der Waals surface area contributed by atoms with Crippen LogP contribution in [0.15, 0.2) is 17.1 Å². The van der Waals surface area contributed by atoms with Gasteiger partial charge < -0.3 is 20.4 Å². The van der Waals surface area contributed by atoms with Gasteiger partial charge in [-0.25, -0.2) is 0 Å². The van der Waals surface area contributed by atoms with Crippen LogP contribution >= 0.6 is 11.8 Å². The monoisotopic (exact) mass is 289 g/mol. The predicted octanol–water partition coefficient (Wildman–Crippen LogP) is -0.479. The van der Waals surface area contributed by atoms with Crippen molar-refractivity contribution in [2.24, 2.45) is 12.8 Å². The number of nitrogens with two attached hydrogens (primary N) is 1. The number of methoxy groups -OCH3 is 1. The van der Waals surface area contributed by atoms with E-state index in [-0.39, 0.29) is 10.8 Å². The number of aromatic nitrogens is 2. The zero-order valence-electron chi connectivity index (χ0n) is 11.2. The molecule has 7 nitrogen and oxygen atoms in total. The van der Waals surface area contributed by atoms with Crippen LogP contribution in [0, 0.1) is 0 Å². The lowest BCUT2D eigenvalue weighted by atomic mass is 10.2. The molecule has 8 heteroatoms.